The third kappa shape index (κ3) is 5.77. The molecule has 7 heteroatoms. The number of hydrogen-bond donors (Lipinski definition) is 2. The van der Waals surface area contributed by atoms with E-state index in [9.17, 15) is 23.1 Å². The first kappa shape index (κ1) is 21.0. The highest BCUT2D eigenvalue weighted by atomic mass is 19.4. The number of ether oxygens (including phenoxy) is 1. The molecule has 0 radical (unpaired) electrons. The summed E-state index contributed by atoms with van der Waals surface area (Å²) >= 11 is 0. The van der Waals surface area contributed by atoms with Crippen molar-refractivity contribution in [3.63, 3.8) is 0 Å². The lowest BCUT2D eigenvalue weighted by Gasteiger charge is -2.27. The molecule has 0 fully saturated rings. The van der Waals surface area contributed by atoms with Crippen molar-refractivity contribution in [3.8, 4) is 0 Å². The van der Waals surface area contributed by atoms with Crippen molar-refractivity contribution >= 4 is 5.91 Å². The molecule has 0 saturated heterocycles. The first-order valence-corrected chi connectivity index (χ1v) is 7.88. The Balaban J connectivity index is 2.84. The van der Waals surface area contributed by atoms with Crippen molar-refractivity contribution in [2.75, 3.05) is 13.2 Å². The van der Waals surface area contributed by atoms with Crippen molar-refractivity contribution in [1.29, 1.82) is 0 Å². The minimum Gasteiger partial charge on any atom is -0.502 e. The zero-order chi connectivity index (χ0) is 19.3. The van der Waals surface area contributed by atoms with E-state index >= 15 is 0 Å². The summed E-state index contributed by atoms with van der Waals surface area (Å²) in [6.07, 6.45) is -3.69. The Labute approximate surface area is 145 Å². The standard InChI is InChI=1S/C18H24F3NO3/c1-5-25-11-10-17(24,18(19,20)21)12-22-15(23)13-6-8-14(9-7-13)16(2,3)4/h6-11,24H,5,12H2,1-4H3,(H,22,23)/b11-10+. The van der Waals surface area contributed by atoms with Crippen LogP contribution in [0.1, 0.15) is 43.6 Å². The maximum absolute atomic E-state index is 13.1. The summed E-state index contributed by atoms with van der Waals surface area (Å²) in [5.74, 6) is -0.701. The van der Waals surface area contributed by atoms with Gasteiger partial charge in [0.1, 0.15) is 0 Å². The highest BCUT2D eigenvalue weighted by Gasteiger charge is 2.52. The van der Waals surface area contributed by atoms with Crippen LogP contribution in [0.25, 0.3) is 0 Å². The van der Waals surface area contributed by atoms with E-state index in [2.05, 4.69) is 5.32 Å². The van der Waals surface area contributed by atoms with E-state index in [1.54, 1.807) is 31.2 Å². The molecule has 0 bridgehead atoms. The molecule has 0 heterocycles. The fourth-order valence-corrected chi connectivity index (χ4v) is 1.95. The van der Waals surface area contributed by atoms with Gasteiger partial charge >= 0.3 is 6.18 Å². The second-order valence-corrected chi connectivity index (χ2v) is 6.69. The second-order valence-electron chi connectivity index (χ2n) is 6.69. The Morgan fingerprint density at radius 1 is 1.20 bits per heavy atom. The van der Waals surface area contributed by atoms with Gasteiger partial charge in [0.05, 0.1) is 19.4 Å². The van der Waals surface area contributed by atoms with E-state index in [-0.39, 0.29) is 17.6 Å². The van der Waals surface area contributed by atoms with Crippen molar-refractivity contribution in [3.05, 3.63) is 47.7 Å². The van der Waals surface area contributed by atoms with E-state index in [1.165, 1.54) is 0 Å². The van der Waals surface area contributed by atoms with E-state index < -0.39 is 24.2 Å². The SMILES string of the molecule is CCO/C=C/C(O)(CNC(=O)c1ccc(C(C)(C)C)cc1)C(F)(F)F. The molecule has 1 aromatic rings. The van der Waals surface area contributed by atoms with Crippen molar-refractivity contribution < 1.29 is 27.8 Å². The molecule has 25 heavy (non-hydrogen) atoms. The fourth-order valence-electron chi connectivity index (χ4n) is 1.95. The third-order valence-corrected chi connectivity index (χ3v) is 3.63. The van der Waals surface area contributed by atoms with Crippen LogP contribution in [0.5, 0.6) is 0 Å². The van der Waals surface area contributed by atoms with Gasteiger partial charge in [-0.3, -0.25) is 4.79 Å². The number of alkyl halides is 3. The fraction of sp³-hybridized carbons (Fsp3) is 0.500. The van der Waals surface area contributed by atoms with Gasteiger partial charge in [-0.1, -0.05) is 32.9 Å². The minimum absolute atomic E-state index is 0.102. The van der Waals surface area contributed by atoms with Crippen LogP contribution >= 0.6 is 0 Å². The van der Waals surface area contributed by atoms with Gasteiger partial charge in [0.25, 0.3) is 5.91 Å². The molecule has 0 saturated carbocycles. The van der Waals surface area contributed by atoms with Crippen LogP contribution in [0.2, 0.25) is 0 Å². The van der Waals surface area contributed by atoms with Crippen LogP contribution < -0.4 is 5.32 Å². The predicted octanol–water partition coefficient (Wildman–Crippen LogP) is 3.56. The van der Waals surface area contributed by atoms with Crippen LogP contribution in [0, 0.1) is 0 Å². The summed E-state index contributed by atoms with van der Waals surface area (Å²) in [6, 6.07) is 6.58. The topological polar surface area (TPSA) is 58.6 Å². The summed E-state index contributed by atoms with van der Waals surface area (Å²) in [7, 11) is 0. The first-order valence-electron chi connectivity index (χ1n) is 7.88. The lowest BCUT2D eigenvalue weighted by molar-refractivity contribution is -0.237. The first-order chi connectivity index (χ1) is 11.4. The molecular formula is C18H24F3NO3. The molecule has 140 valence electrons. The number of nitrogens with one attached hydrogen (secondary N) is 1. The molecular weight excluding hydrogens is 335 g/mol. The molecule has 1 amide bonds. The lowest BCUT2D eigenvalue weighted by atomic mass is 9.86. The average molecular weight is 359 g/mol. The number of amides is 1. The molecule has 1 atom stereocenters. The number of rotatable bonds is 6. The van der Waals surface area contributed by atoms with Crippen LogP contribution in [0.15, 0.2) is 36.6 Å². The molecule has 1 unspecified atom stereocenters. The normalized spacial score (nSPS) is 15.0. The molecule has 1 rings (SSSR count). The van der Waals surface area contributed by atoms with Gasteiger partial charge in [0.2, 0.25) is 0 Å². The number of carbonyl (C=O) groups is 1. The summed E-state index contributed by atoms with van der Waals surface area (Å²) in [5, 5.41) is 11.9. The molecule has 0 aromatic heterocycles. The molecule has 2 N–H and O–H groups in total. The minimum atomic E-state index is -4.95. The zero-order valence-corrected chi connectivity index (χ0v) is 14.8. The molecule has 0 aliphatic rings. The van der Waals surface area contributed by atoms with Gasteiger partial charge < -0.3 is 15.2 Å². The smallest absolute Gasteiger partial charge is 0.422 e. The predicted molar refractivity (Wildman–Crippen MR) is 89.2 cm³/mol. The van der Waals surface area contributed by atoms with Crippen LogP contribution in [0.3, 0.4) is 0 Å². The van der Waals surface area contributed by atoms with Gasteiger partial charge in [0.15, 0.2) is 5.60 Å². The third-order valence-electron chi connectivity index (χ3n) is 3.63. The quantitative estimate of drug-likeness (QED) is 0.764. The Kier molecular flexibility index (Phi) is 6.65. The summed E-state index contributed by atoms with van der Waals surface area (Å²) in [5.41, 5.74) is -2.10. The van der Waals surface area contributed by atoms with Gasteiger partial charge in [-0.15, -0.1) is 0 Å². The lowest BCUT2D eigenvalue weighted by Crippen LogP contribution is -2.52. The van der Waals surface area contributed by atoms with Crippen LogP contribution in [-0.4, -0.2) is 35.9 Å². The maximum Gasteiger partial charge on any atom is 0.422 e. The number of carbonyl (C=O) groups excluding carboxylic acids is 1. The Hall–Kier alpha value is -2.02. The Bertz CT molecular complexity index is 603. The van der Waals surface area contributed by atoms with Gasteiger partial charge in [-0.05, 0) is 36.1 Å². The number of hydrogen-bond acceptors (Lipinski definition) is 3. The van der Waals surface area contributed by atoms with Crippen molar-refractivity contribution in [1.82, 2.24) is 5.32 Å². The summed E-state index contributed by atoms with van der Waals surface area (Å²) in [4.78, 5) is 12.1. The van der Waals surface area contributed by atoms with Crippen molar-refractivity contribution in [2.45, 2.75) is 44.9 Å². The molecule has 0 aliphatic carbocycles. The largest absolute Gasteiger partial charge is 0.502 e. The van der Waals surface area contributed by atoms with E-state index in [4.69, 9.17) is 4.74 Å². The monoisotopic (exact) mass is 359 g/mol. The molecule has 0 spiro atoms. The molecule has 1 aromatic carbocycles. The van der Waals surface area contributed by atoms with Gasteiger partial charge in [0, 0.05) is 5.56 Å². The second kappa shape index (κ2) is 7.91. The summed E-state index contributed by atoms with van der Waals surface area (Å²) < 4.78 is 43.9. The molecule has 4 nitrogen and oxygen atoms in total. The van der Waals surface area contributed by atoms with Gasteiger partial charge in [-0.2, -0.15) is 13.2 Å². The number of halogens is 3. The number of aliphatic hydroxyl groups is 1. The van der Waals surface area contributed by atoms with Crippen LogP contribution in [-0.2, 0) is 10.2 Å². The highest BCUT2D eigenvalue weighted by molar-refractivity contribution is 5.94. The van der Waals surface area contributed by atoms with E-state index in [0.717, 1.165) is 11.8 Å². The average Bonchev–Trinajstić information content (AvgIpc) is 2.51. The summed E-state index contributed by atoms with van der Waals surface area (Å²) in [6.45, 7) is 6.78. The van der Waals surface area contributed by atoms with Crippen molar-refractivity contribution in [2.24, 2.45) is 0 Å². The van der Waals surface area contributed by atoms with Gasteiger partial charge in [-0.25, -0.2) is 0 Å². The van der Waals surface area contributed by atoms with E-state index in [0.29, 0.717) is 6.08 Å². The number of benzene rings is 1. The molecule has 0 aliphatic heterocycles. The van der Waals surface area contributed by atoms with Crippen LogP contribution in [0.4, 0.5) is 13.2 Å². The Morgan fingerprint density at radius 2 is 1.76 bits per heavy atom. The Morgan fingerprint density at radius 3 is 2.20 bits per heavy atom. The van der Waals surface area contributed by atoms with E-state index in [1.807, 2.05) is 20.8 Å². The highest BCUT2D eigenvalue weighted by Crippen LogP contribution is 2.31. The maximum atomic E-state index is 13.1. The zero-order valence-electron chi connectivity index (χ0n) is 14.8.